The van der Waals surface area contributed by atoms with Gasteiger partial charge < -0.3 is 20.0 Å². The Balaban J connectivity index is 1.90. The van der Waals surface area contributed by atoms with E-state index in [9.17, 15) is 14.7 Å². The lowest BCUT2D eigenvalue weighted by atomic mass is 10.1. The third kappa shape index (κ3) is 2.62. The van der Waals surface area contributed by atoms with Gasteiger partial charge in [-0.2, -0.15) is 0 Å². The molecule has 21 heavy (non-hydrogen) atoms. The molecule has 1 amide bonds. The third-order valence-electron chi connectivity index (χ3n) is 3.02. The average molecular weight is 280 g/mol. The first-order valence-electron chi connectivity index (χ1n) is 6.25. The van der Waals surface area contributed by atoms with Gasteiger partial charge in [0.05, 0.1) is 11.7 Å². The standard InChI is InChI=1S/C16H11NO4/c18-15-14(21-13-4-2-1-3-12(13)17-15)9-10-5-7-11(8-6-10)16(19)20/h1-9H,(H,17,18)(H,19,20)/p-1. The first-order valence-corrected chi connectivity index (χ1v) is 6.25. The van der Waals surface area contributed by atoms with Crippen LogP contribution in [0, 0.1) is 0 Å². The molecule has 0 radical (unpaired) electrons. The van der Waals surface area contributed by atoms with Crippen molar-refractivity contribution in [3.8, 4) is 5.75 Å². The lowest BCUT2D eigenvalue weighted by Crippen LogP contribution is -2.23. The number of carbonyl (C=O) groups is 2. The molecule has 5 heteroatoms. The summed E-state index contributed by atoms with van der Waals surface area (Å²) in [5.41, 5.74) is 1.35. The molecule has 5 nitrogen and oxygen atoms in total. The molecular weight excluding hydrogens is 270 g/mol. The number of carboxylic acids is 1. The van der Waals surface area contributed by atoms with Gasteiger partial charge in [-0.25, -0.2) is 0 Å². The minimum absolute atomic E-state index is 0.0801. The van der Waals surface area contributed by atoms with E-state index in [0.717, 1.165) is 0 Å². The number of ether oxygens (including phenoxy) is 1. The Hall–Kier alpha value is -3.08. The molecule has 2 aromatic rings. The van der Waals surface area contributed by atoms with Crippen LogP contribution in [0.2, 0.25) is 0 Å². The molecule has 3 rings (SSSR count). The number of carboxylic acid groups (broad SMARTS) is 1. The number of hydrogen-bond donors (Lipinski definition) is 1. The van der Waals surface area contributed by atoms with Crippen LogP contribution < -0.4 is 15.2 Å². The Morgan fingerprint density at radius 2 is 1.81 bits per heavy atom. The number of benzene rings is 2. The zero-order valence-electron chi connectivity index (χ0n) is 10.8. The van der Waals surface area contributed by atoms with Crippen molar-refractivity contribution < 1.29 is 19.4 Å². The second-order valence-corrected chi connectivity index (χ2v) is 4.47. The van der Waals surface area contributed by atoms with Gasteiger partial charge in [-0.3, -0.25) is 4.79 Å². The molecule has 1 aliphatic heterocycles. The van der Waals surface area contributed by atoms with Gasteiger partial charge in [-0.15, -0.1) is 0 Å². The van der Waals surface area contributed by atoms with Crippen molar-refractivity contribution in [1.29, 1.82) is 0 Å². The van der Waals surface area contributed by atoms with Crippen LogP contribution in [0.1, 0.15) is 15.9 Å². The van der Waals surface area contributed by atoms with E-state index in [0.29, 0.717) is 17.0 Å². The van der Waals surface area contributed by atoms with Crippen molar-refractivity contribution in [1.82, 2.24) is 0 Å². The highest BCUT2D eigenvalue weighted by atomic mass is 16.5. The number of fused-ring (bicyclic) bond motifs is 1. The molecule has 104 valence electrons. The van der Waals surface area contributed by atoms with Crippen molar-refractivity contribution in [3.05, 3.63) is 65.4 Å². The minimum Gasteiger partial charge on any atom is -0.545 e. The first kappa shape index (κ1) is 12.9. The third-order valence-corrected chi connectivity index (χ3v) is 3.02. The highest BCUT2D eigenvalue weighted by Gasteiger charge is 2.21. The van der Waals surface area contributed by atoms with Gasteiger partial charge in [0.2, 0.25) is 0 Å². The first-order chi connectivity index (χ1) is 10.1. The maximum absolute atomic E-state index is 11.9. The summed E-state index contributed by atoms with van der Waals surface area (Å²) < 4.78 is 5.55. The summed E-state index contributed by atoms with van der Waals surface area (Å²) in [5.74, 6) is -0.878. The Bertz CT molecular complexity index is 747. The number of amides is 1. The zero-order chi connectivity index (χ0) is 14.8. The van der Waals surface area contributed by atoms with Crippen molar-refractivity contribution >= 4 is 23.6 Å². The van der Waals surface area contributed by atoms with E-state index in [-0.39, 0.29) is 17.2 Å². The van der Waals surface area contributed by atoms with Crippen LogP contribution in [0.3, 0.4) is 0 Å². The fraction of sp³-hybridized carbons (Fsp3) is 0. The molecule has 1 N–H and O–H groups in total. The topological polar surface area (TPSA) is 78.5 Å². The van der Waals surface area contributed by atoms with Crippen LogP contribution >= 0.6 is 0 Å². The van der Waals surface area contributed by atoms with Crippen LogP contribution in [0.4, 0.5) is 5.69 Å². The van der Waals surface area contributed by atoms with E-state index in [1.165, 1.54) is 12.1 Å². The molecule has 0 unspecified atom stereocenters. The van der Waals surface area contributed by atoms with Crippen LogP contribution in [-0.2, 0) is 4.79 Å². The Morgan fingerprint density at radius 3 is 2.52 bits per heavy atom. The summed E-state index contributed by atoms with van der Waals surface area (Å²) in [6, 6.07) is 13.1. The van der Waals surface area contributed by atoms with Gasteiger partial charge >= 0.3 is 0 Å². The largest absolute Gasteiger partial charge is 0.545 e. The van der Waals surface area contributed by atoms with Gasteiger partial charge in [-0.05, 0) is 29.3 Å². The van der Waals surface area contributed by atoms with Crippen LogP contribution in [0.15, 0.2) is 54.3 Å². The van der Waals surface area contributed by atoms with Crippen molar-refractivity contribution in [2.75, 3.05) is 5.32 Å². The maximum Gasteiger partial charge on any atom is 0.291 e. The molecule has 0 aromatic heterocycles. The van der Waals surface area contributed by atoms with Gasteiger partial charge in [0, 0.05) is 0 Å². The van der Waals surface area contributed by atoms with Gasteiger partial charge in [0.25, 0.3) is 5.91 Å². The molecule has 0 atom stereocenters. The van der Waals surface area contributed by atoms with Crippen molar-refractivity contribution in [3.63, 3.8) is 0 Å². The number of nitrogens with one attached hydrogen (secondary N) is 1. The van der Waals surface area contributed by atoms with Gasteiger partial charge in [-0.1, -0.05) is 36.4 Å². The fourth-order valence-electron chi connectivity index (χ4n) is 1.97. The smallest absolute Gasteiger partial charge is 0.291 e. The Morgan fingerprint density at radius 1 is 1.10 bits per heavy atom. The van der Waals surface area contributed by atoms with Crippen LogP contribution in [0.5, 0.6) is 5.75 Å². The Kier molecular flexibility index (Phi) is 3.16. The molecule has 0 aliphatic carbocycles. The summed E-state index contributed by atoms with van der Waals surface area (Å²) in [5, 5.41) is 13.4. The average Bonchev–Trinajstić information content (AvgIpc) is 2.48. The normalized spacial score (nSPS) is 15.0. The van der Waals surface area contributed by atoms with E-state index in [1.807, 2.05) is 6.07 Å². The number of anilines is 1. The number of para-hydroxylation sites is 2. The molecule has 0 fully saturated rings. The molecule has 2 aromatic carbocycles. The molecule has 0 saturated heterocycles. The number of rotatable bonds is 2. The molecule has 1 aliphatic rings. The summed E-state index contributed by atoms with van der Waals surface area (Å²) in [6.07, 6.45) is 1.55. The maximum atomic E-state index is 11.9. The second kappa shape index (κ2) is 5.13. The number of hydrogen-bond acceptors (Lipinski definition) is 4. The van der Waals surface area contributed by atoms with E-state index < -0.39 is 5.97 Å². The number of carbonyl (C=O) groups excluding carboxylic acids is 2. The van der Waals surface area contributed by atoms with Crippen molar-refractivity contribution in [2.24, 2.45) is 0 Å². The number of aromatic carboxylic acids is 1. The summed E-state index contributed by atoms with van der Waals surface area (Å²) in [6.45, 7) is 0. The van der Waals surface area contributed by atoms with Crippen molar-refractivity contribution in [2.45, 2.75) is 0 Å². The van der Waals surface area contributed by atoms with E-state index in [1.54, 1.807) is 36.4 Å². The summed E-state index contributed by atoms with van der Waals surface area (Å²) >= 11 is 0. The lowest BCUT2D eigenvalue weighted by molar-refractivity contribution is -0.255. The van der Waals surface area contributed by atoms with E-state index >= 15 is 0 Å². The predicted molar refractivity (Wildman–Crippen MR) is 74.4 cm³/mol. The second-order valence-electron chi connectivity index (χ2n) is 4.47. The Labute approximate surface area is 120 Å². The van der Waals surface area contributed by atoms with E-state index in [2.05, 4.69) is 5.32 Å². The summed E-state index contributed by atoms with van der Waals surface area (Å²) in [7, 11) is 0. The van der Waals surface area contributed by atoms with E-state index in [4.69, 9.17) is 4.74 Å². The van der Waals surface area contributed by atoms with Crippen LogP contribution in [-0.4, -0.2) is 11.9 Å². The quantitative estimate of drug-likeness (QED) is 0.844. The van der Waals surface area contributed by atoms with Gasteiger partial charge in [0.15, 0.2) is 11.5 Å². The highest BCUT2D eigenvalue weighted by Crippen LogP contribution is 2.30. The fourth-order valence-corrected chi connectivity index (χ4v) is 1.97. The molecule has 1 heterocycles. The molecule has 0 spiro atoms. The predicted octanol–water partition coefficient (Wildman–Crippen LogP) is 1.42. The van der Waals surface area contributed by atoms with Gasteiger partial charge in [0.1, 0.15) is 0 Å². The monoisotopic (exact) mass is 280 g/mol. The highest BCUT2D eigenvalue weighted by molar-refractivity contribution is 6.08. The SMILES string of the molecule is O=C1Nc2ccccc2OC1=Cc1ccc(C(=O)[O-])cc1. The zero-order valence-corrected chi connectivity index (χ0v) is 10.8. The molecular formula is C16H10NO4-. The minimum atomic E-state index is -1.24. The molecule has 0 bridgehead atoms. The van der Waals surface area contributed by atoms with Crippen LogP contribution in [0.25, 0.3) is 6.08 Å². The summed E-state index contributed by atoms with van der Waals surface area (Å²) in [4.78, 5) is 22.6. The molecule has 0 saturated carbocycles. The lowest BCUT2D eigenvalue weighted by Gasteiger charge is -2.19.